The summed E-state index contributed by atoms with van der Waals surface area (Å²) in [4.78, 5) is 24.3. The standard InChI is InChI=1S/C19H28N2O3/c1-12-4-6-15(7-5-12)20-18(22)11-24-19(23)17-10-13(2)21(14(17)3)16-8-9-16/h10,12,15-16H,4-9,11H2,1-3H3,(H,20,22). The van der Waals surface area contributed by atoms with Crippen LogP contribution in [0.4, 0.5) is 0 Å². The third-order valence-corrected chi connectivity index (χ3v) is 5.33. The molecule has 0 bridgehead atoms. The minimum atomic E-state index is -0.401. The van der Waals surface area contributed by atoms with E-state index in [4.69, 9.17) is 4.74 Å². The Morgan fingerprint density at radius 3 is 2.46 bits per heavy atom. The van der Waals surface area contributed by atoms with Crippen molar-refractivity contribution in [3.05, 3.63) is 23.0 Å². The van der Waals surface area contributed by atoms with Crippen LogP contribution in [0.15, 0.2) is 6.07 Å². The van der Waals surface area contributed by atoms with E-state index in [0.29, 0.717) is 11.6 Å². The fourth-order valence-electron chi connectivity index (χ4n) is 3.76. The van der Waals surface area contributed by atoms with Crippen molar-refractivity contribution in [3.63, 3.8) is 0 Å². The van der Waals surface area contributed by atoms with Crippen molar-refractivity contribution in [3.8, 4) is 0 Å². The van der Waals surface area contributed by atoms with Gasteiger partial charge in [-0.1, -0.05) is 6.92 Å². The van der Waals surface area contributed by atoms with Gasteiger partial charge < -0.3 is 14.6 Å². The Hall–Kier alpha value is -1.78. The van der Waals surface area contributed by atoms with Crippen LogP contribution in [0.1, 0.15) is 73.2 Å². The summed E-state index contributed by atoms with van der Waals surface area (Å²) in [7, 11) is 0. The normalized spacial score (nSPS) is 23.8. The first-order chi connectivity index (χ1) is 11.5. The molecular formula is C19H28N2O3. The Bertz CT molecular complexity index is 623. The number of ether oxygens (including phenoxy) is 1. The van der Waals surface area contributed by atoms with Gasteiger partial charge in [0.15, 0.2) is 6.61 Å². The molecule has 1 amide bonds. The van der Waals surface area contributed by atoms with E-state index in [1.807, 2.05) is 19.9 Å². The zero-order valence-corrected chi connectivity index (χ0v) is 14.9. The van der Waals surface area contributed by atoms with E-state index in [1.165, 1.54) is 12.8 Å². The Morgan fingerprint density at radius 1 is 1.17 bits per heavy atom. The molecule has 3 rings (SSSR count). The van der Waals surface area contributed by atoms with E-state index in [-0.39, 0.29) is 18.6 Å². The molecule has 2 fully saturated rings. The highest BCUT2D eigenvalue weighted by Crippen LogP contribution is 2.38. The number of hydrogen-bond donors (Lipinski definition) is 1. The zero-order valence-electron chi connectivity index (χ0n) is 14.9. The van der Waals surface area contributed by atoms with Gasteiger partial charge in [0.1, 0.15) is 0 Å². The van der Waals surface area contributed by atoms with Gasteiger partial charge >= 0.3 is 5.97 Å². The lowest BCUT2D eigenvalue weighted by Gasteiger charge is -2.26. The maximum Gasteiger partial charge on any atom is 0.340 e. The van der Waals surface area contributed by atoms with Crippen LogP contribution in [0.25, 0.3) is 0 Å². The lowest BCUT2D eigenvalue weighted by atomic mass is 9.87. The van der Waals surface area contributed by atoms with Crippen molar-refractivity contribution in [2.45, 2.75) is 71.4 Å². The molecule has 24 heavy (non-hydrogen) atoms. The van der Waals surface area contributed by atoms with Crippen LogP contribution < -0.4 is 5.32 Å². The van der Waals surface area contributed by atoms with Gasteiger partial charge in [0, 0.05) is 23.5 Å². The molecule has 1 N–H and O–H groups in total. The maximum atomic E-state index is 12.3. The number of hydrogen-bond acceptors (Lipinski definition) is 3. The first-order valence-electron chi connectivity index (χ1n) is 9.10. The van der Waals surface area contributed by atoms with E-state index in [2.05, 4.69) is 16.8 Å². The first-order valence-corrected chi connectivity index (χ1v) is 9.10. The summed E-state index contributed by atoms with van der Waals surface area (Å²) in [6, 6.07) is 2.63. The molecule has 0 radical (unpaired) electrons. The molecular weight excluding hydrogens is 304 g/mol. The van der Waals surface area contributed by atoms with E-state index in [9.17, 15) is 9.59 Å². The van der Waals surface area contributed by atoms with Crippen molar-refractivity contribution >= 4 is 11.9 Å². The fourth-order valence-corrected chi connectivity index (χ4v) is 3.76. The molecule has 2 aliphatic rings. The van der Waals surface area contributed by atoms with Crippen molar-refractivity contribution in [1.82, 2.24) is 9.88 Å². The molecule has 1 heterocycles. The van der Waals surface area contributed by atoms with E-state index < -0.39 is 5.97 Å². The highest BCUT2D eigenvalue weighted by atomic mass is 16.5. The summed E-state index contributed by atoms with van der Waals surface area (Å²) in [5.74, 6) is 0.152. The molecule has 5 heteroatoms. The summed E-state index contributed by atoms with van der Waals surface area (Å²) < 4.78 is 7.45. The summed E-state index contributed by atoms with van der Waals surface area (Å²) in [6.07, 6.45) is 6.68. The second-order valence-electron chi connectivity index (χ2n) is 7.49. The molecule has 0 unspecified atom stereocenters. The van der Waals surface area contributed by atoms with E-state index in [1.54, 1.807) is 0 Å². The minimum Gasteiger partial charge on any atom is -0.452 e. The van der Waals surface area contributed by atoms with Gasteiger partial charge in [0.25, 0.3) is 5.91 Å². The topological polar surface area (TPSA) is 60.3 Å². The molecule has 0 spiro atoms. The van der Waals surface area contributed by atoms with Gasteiger partial charge in [-0.3, -0.25) is 4.79 Å². The third kappa shape index (κ3) is 3.82. The molecule has 5 nitrogen and oxygen atoms in total. The Kier molecular flexibility index (Phi) is 4.97. The van der Waals surface area contributed by atoms with Gasteiger partial charge in [-0.25, -0.2) is 4.79 Å². The Morgan fingerprint density at radius 2 is 1.83 bits per heavy atom. The monoisotopic (exact) mass is 332 g/mol. The van der Waals surface area contributed by atoms with Gasteiger partial charge in [0.05, 0.1) is 5.56 Å². The molecule has 2 aliphatic carbocycles. The van der Waals surface area contributed by atoms with Gasteiger partial charge in [-0.15, -0.1) is 0 Å². The number of carbonyl (C=O) groups excluding carboxylic acids is 2. The van der Waals surface area contributed by atoms with Crippen LogP contribution in [-0.2, 0) is 9.53 Å². The van der Waals surface area contributed by atoms with Crippen LogP contribution in [0.2, 0.25) is 0 Å². The van der Waals surface area contributed by atoms with Crippen LogP contribution in [0.5, 0.6) is 0 Å². The summed E-state index contributed by atoms with van der Waals surface area (Å²) in [5.41, 5.74) is 2.61. The second kappa shape index (κ2) is 6.99. The number of carbonyl (C=O) groups is 2. The van der Waals surface area contributed by atoms with E-state index >= 15 is 0 Å². The number of amides is 1. The number of rotatable bonds is 5. The highest BCUT2D eigenvalue weighted by molar-refractivity contribution is 5.92. The third-order valence-electron chi connectivity index (χ3n) is 5.33. The van der Waals surface area contributed by atoms with E-state index in [0.717, 1.165) is 43.0 Å². The summed E-state index contributed by atoms with van der Waals surface area (Å²) in [6.45, 7) is 6.01. The van der Waals surface area contributed by atoms with Gasteiger partial charge in [-0.05, 0) is 64.4 Å². The van der Waals surface area contributed by atoms with Crippen LogP contribution >= 0.6 is 0 Å². The SMILES string of the molecule is Cc1cc(C(=O)OCC(=O)NC2CCC(C)CC2)c(C)n1C1CC1. The number of nitrogens with one attached hydrogen (secondary N) is 1. The minimum absolute atomic E-state index is 0.195. The Labute approximate surface area is 143 Å². The fraction of sp³-hybridized carbons (Fsp3) is 0.684. The average molecular weight is 332 g/mol. The molecule has 0 atom stereocenters. The number of aryl methyl sites for hydroxylation is 1. The maximum absolute atomic E-state index is 12.3. The van der Waals surface area contributed by atoms with Crippen molar-refractivity contribution in [2.24, 2.45) is 5.92 Å². The van der Waals surface area contributed by atoms with Gasteiger partial charge in [0.2, 0.25) is 0 Å². The lowest BCUT2D eigenvalue weighted by Crippen LogP contribution is -2.39. The van der Waals surface area contributed by atoms with Crippen molar-refractivity contribution < 1.29 is 14.3 Å². The molecule has 0 saturated heterocycles. The molecule has 0 aliphatic heterocycles. The number of esters is 1. The largest absolute Gasteiger partial charge is 0.452 e. The summed E-state index contributed by atoms with van der Waals surface area (Å²) in [5, 5.41) is 2.98. The van der Waals surface area contributed by atoms with Crippen LogP contribution in [0.3, 0.4) is 0 Å². The van der Waals surface area contributed by atoms with Crippen LogP contribution in [-0.4, -0.2) is 29.1 Å². The molecule has 132 valence electrons. The predicted molar refractivity (Wildman–Crippen MR) is 92.0 cm³/mol. The first kappa shape index (κ1) is 17.1. The summed E-state index contributed by atoms with van der Waals surface area (Å²) >= 11 is 0. The average Bonchev–Trinajstić information content (AvgIpc) is 3.33. The van der Waals surface area contributed by atoms with Crippen molar-refractivity contribution in [1.29, 1.82) is 0 Å². The zero-order chi connectivity index (χ0) is 17.3. The molecule has 1 aromatic heterocycles. The predicted octanol–water partition coefficient (Wildman–Crippen LogP) is 3.29. The quantitative estimate of drug-likeness (QED) is 0.842. The Balaban J connectivity index is 1.50. The second-order valence-corrected chi connectivity index (χ2v) is 7.49. The number of aromatic nitrogens is 1. The van der Waals surface area contributed by atoms with Crippen LogP contribution in [0, 0.1) is 19.8 Å². The van der Waals surface area contributed by atoms with Crippen molar-refractivity contribution in [2.75, 3.05) is 6.61 Å². The molecule has 0 aromatic carbocycles. The van der Waals surface area contributed by atoms with Gasteiger partial charge in [-0.2, -0.15) is 0 Å². The smallest absolute Gasteiger partial charge is 0.340 e. The highest BCUT2D eigenvalue weighted by Gasteiger charge is 2.29. The number of nitrogens with zero attached hydrogens (tertiary/aromatic N) is 1. The molecule has 1 aromatic rings. The lowest BCUT2D eigenvalue weighted by molar-refractivity contribution is -0.125. The molecule has 2 saturated carbocycles.